The third-order valence-electron chi connectivity index (χ3n) is 5.13. The molecule has 25 heavy (non-hydrogen) atoms. The van der Waals surface area contributed by atoms with E-state index in [0.29, 0.717) is 12.0 Å². The van der Waals surface area contributed by atoms with E-state index in [0.717, 1.165) is 47.9 Å². The molecule has 132 valence electrons. The monoisotopic (exact) mass is 340 g/mol. The Bertz CT molecular complexity index is 787. The van der Waals surface area contributed by atoms with Gasteiger partial charge in [0.2, 0.25) is 0 Å². The largest absolute Gasteiger partial charge is 0.207 e. The normalized spacial score (nSPS) is 13.5. The van der Waals surface area contributed by atoms with E-state index in [1.807, 2.05) is 31.2 Å². The Labute approximate surface area is 149 Å². The molecule has 0 fully saturated rings. The molecular formula is C23H26F2. The maximum atomic E-state index is 14.6. The van der Waals surface area contributed by atoms with Crippen LogP contribution in [-0.4, -0.2) is 0 Å². The topological polar surface area (TPSA) is 0 Å². The Hall–Kier alpha value is -1.96. The molecule has 0 N–H and O–H groups in total. The number of hydrogen-bond donors (Lipinski definition) is 0. The van der Waals surface area contributed by atoms with Crippen molar-refractivity contribution in [2.24, 2.45) is 0 Å². The van der Waals surface area contributed by atoms with Crippen molar-refractivity contribution in [3.05, 3.63) is 69.8 Å². The lowest BCUT2D eigenvalue weighted by Crippen LogP contribution is -2.03. The van der Waals surface area contributed by atoms with Crippen LogP contribution in [0, 0.1) is 11.6 Å². The third-order valence-corrected chi connectivity index (χ3v) is 5.13. The minimum absolute atomic E-state index is 0.158. The van der Waals surface area contributed by atoms with Crippen LogP contribution in [0.15, 0.2) is 30.3 Å². The van der Waals surface area contributed by atoms with Crippen LogP contribution in [0.1, 0.15) is 67.3 Å². The van der Waals surface area contributed by atoms with Gasteiger partial charge in [-0.05, 0) is 72.1 Å². The zero-order valence-electron chi connectivity index (χ0n) is 15.2. The number of aryl methyl sites for hydroxylation is 3. The lowest BCUT2D eigenvalue weighted by molar-refractivity contribution is 0.610. The number of fused-ring (bicyclic) bond motifs is 1. The lowest BCUT2D eigenvalue weighted by Gasteiger charge is -2.19. The summed E-state index contributed by atoms with van der Waals surface area (Å²) in [5, 5.41) is 0. The molecule has 0 amide bonds. The molecule has 1 aliphatic rings. The quantitative estimate of drug-likeness (QED) is 0.510. The maximum absolute atomic E-state index is 14.6. The molecule has 3 rings (SSSR count). The van der Waals surface area contributed by atoms with Gasteiger partial charge in [-0.25, -0.2) is 8.78 Å². The van der Waals surface area contributed by atoms with Crippen LogP contribution < -0.4 is 0 Å². The molecule has 0 spiro atoms. The molecular weight excluding hydrogens is 314 g/mol. The first-order chi connectivity index (χ1) is 12.1. The van der Waals surface area contributed by atoms with Crippen molar-refractivity contribution in [3.8, 4) is 0 Å². The van der Waals surface area contributed by atoms with Crippen LogP contribution in [0.3, 0.4) is 0 Å². The predicted octanol–water partition coefficient (Wildman–Crippen LogP) is 6.75. The Balaban J connectivity index is 1.86. The summed E-state index contributed by atoms with van der Waals surface area (Å²) >= 11 is 0. The number of rotatable bonds is 6. The zero-order chi connectivity index (χ0) is 17.8. The van der Waals surface area contributed by atoms with E-state index in [1.54, 1.807) is 12.1 Å². The van der Waals surface area contributed by atoms with Gasteiger partial charge in [0.25, 0.3) is 0 Å². The highest BCUT2D eigenvalue weighted by molar-refractivity contribution is 5.84. The van der Waals surface area contributed by atoms with E-state index in [1.165, 1.54) is 18.4 Å². The first kappa shape index (κ1) is 17.8. The highest BCUT2D eigenvalue weighted by atomic mass is 19.1. The molecule has 0 nitrogen and oxygen atoms in total. The van der Waals surface area contributed by atoms with Gasteiger partial charge in [-0.2, -0.15) is 0 Å². The van der Waals surface area contributed by atoms with E-state index in [4.69, 9.17) is 0 Å². The highest BCUT2D eigenvalue weighted by Gasteiger charge is 2.17. The van der Waals surface area contributed by atoms with Crippen molar-refractivity contribution in [2.45, 2.75) is 58.8 Å². The van der Waals surface area contributed by atoms with E-state index >= 15 is 0 Å². The fourth-order valence-electron chi connectivity index (χ4n) is 3.60. The second-order valence-corrected chi connectivity index (χ2v) is 6.94. The molecule has 0 radical (unpaired) electrons. The van der Waals surface area contributed by atoms with Gasteiger partial charge < -0.3 is 0 Å². The SMILES string of the molecule is CCCCCc1ccc(C2=Cc3cc(F)c(CC)cc3CC2)c(F)c1. The van der Waals surface area contributed by atoms with Crippen molar-refractivity contribution in [2.75, 3.05) is 0 Å². The first-order valence-electron chi connectivity index (χ1n) is 9.43. The van der Waals surface area contributed by atoms with Crippen molar-refractivity contribution in [1.29, 1.82) is 0 Å². The van der Waals surface area contributed by atoms with Gasteiger partial charge in [-0.3, -0.25) is 0 Å². The first-order valence-corrected chi connectivity index (χ1v) is 9.43. The molecule has 0 aromatic heterocycles. The van der Waals surface area contributed by atoms with Gasteiger partial charge in [0.05, 0.1) is 0 Å². The molecule has 0 saturated heterocycles. The minimum atomic E-state index is -0.162. The number of halogens is 2. The van der Waals surface area contributed by atoms with Crippen LogP contribution >= 0.6 is 0 Å². The number of benzene rings is 2. The summed E-state index contributed by atoms with van der Waals surface area (Å²) in [5.74, 6) is -0.320. The molecule has 0 saturated carbocycles. The van der Waals surface area contributed by atoms with Crippen LogP contribution in [0.4, 0.5) is 8.78 Å². The van der Waals surface area contributed by atoms with Gasteiger partial charge in [0, 0.05) is 5.56 Å². The van der Waals surface area contributed by atoms with Crippen molar-refractivity contribution < 1.29 is 8.78 Å². The van der Waals surface area contributed by atoms with Gasteiger partial charge >= 0.3 is 0 Å². The molecule has 2 aromatic carbocycles. The smallest absolute Gasteiger partial charge is 0.130 e. The molecule has 0 bridgehead atoms. The molecule has 0 atom stereocenters. The van der Waals surface area contributed by atoms with Crippen LogP contribution in [0.25, 0.3) is 11.6 Å². The molecule has 0 heterocycles. The summed E-state index contributed by atoms with van der Waals surface area (Å²) in [7, 11) is 0. The number of allylic oxidation sites excluding steroid dienone is 1. The summed E-state index contributed by atoms with van der Waals surface area (Å²) in [5.41, 5.74) is 5.50. The molecule has 0 unspecified atom stereocenters. The summed E-state index contributed by atoms with van der Waals surface area (Å²) < 4.78 is 28.7. The van der Waals surface area contributed by atoms with Crippen LogP contribution in [0.2, 0.25) is 0 Å². The Morgan fingerprint density at radius 3 is 2.48 bits per heavy atom. The average molecular weight is 340 g/mol. The second-order valence-electron chi connectivity index (χ2n) is 6.94. The summed E-state index contributed by atoms with van der Waals surface area (Å²) in [4.78, 5) is 0. The van der Waals surface area contributed by atoms with Crippen molar-refractivity contribution in [1.82, 2.24) is 0 Å². The minimum Gasteiger partial charge on any atom is -0.207 e. The van der Waals surface area contributed by atoms with E-state index in [2.05, 4.69) is 6.92 Å². The third kappa shape index (κ3) is 4.00. The number of unbranched alkanes of at least 4 members (excludes halogenated alkanes) is 2. The predicted molar refractivity (Wildman–Crippen MR) is 102 cm³/mol. The number of hydrogen-bond acceptors (Lipinski definition) is 0. The molecule has 2 aromatic rings. The van der Waals surface area contributed by atoms with Crippen LogP contribution in [0.5, 0.6) is 0 Å². The fourth-order valence-corrected chi connectivity index (χ4v) is 3.60. The Morgan fingerprint density at radius 2 is 1.76 bits per heavy atom. The van der Waals surface area contributed by atoms with Crippen molar-refractivity contribution >= 4 is 11.6 Å². The second kappa shape index (κ2) is 7.95. The average Bonchev–Trinajstić information content (AvgIpc) is 2.61. The van der Waals surface area contributed by atoms with Gasteiger partial charge in [0.15, 0.2) is 0 Å². The summed E-state index contributed by atoms with van der Waals surface area (Å²) in [6, 6.07) is 9.16. The summed E-state index contributed by atoms with van der Waals surface area (Å²) in [6.45, 7) is 4.13. The van der Waals surface area contributed by atoms with E-state index < -0.39 is 0 Å². The van der Waals surface area contributed by atoms with Gasteiger partial charge in [-0.15, -0.1) is 0 Å². The van der Waals surface area contributed by atoms with Gasteiger partial charge in [0.1, 0.15) is 11.6 Å². The lowest BCUT2D eigenvalue weighted by atomic mass is 9.87. The van der Waals surface area contributed by atoms with Gasteiger partial charge in [-0.1, -0.05) is 51.0 Å². The summed E-state index contributed by atoms with van der Waals surface area (Å²) in [6.07, 6.45) is 8.67. The molecule has 1 aliphatic carbocycles. The fraction of sp³-hybridized carbons (Fsp3) is 0.391. The van der Waals surface area contributed by atoms with Crippen LogP contribution in [-0.2, 0) is 19.3 Å². The zero-order valence-corrected chi connectivity index (χ0v) is 15.2. The Kier molecular flexibility index (Phi) is 5.67. The maximum Gasteiger partial charge on any atom is 0.130 e. The highest BCUT2D eigenvalue weighted by Crippen LogP contribution is 2.33. The van der Waals surface area contributed by atoms with E-state index in [9.17, 15) is 8.78 Å². The van der Waals surface area contributed by atoms with E-state index in [-0.39, 0.29) is 11.6 Å². The molecule has 2 heteroatoms. The Morgan fingerprint density at radius 1 is 0.920 bits per heavy atom. The van der Waals surface area contributed by atoms with Crippen molar-refractivity contribution in [3.63, 3.8) is 0 Å². The standard InChI is InChI=1S/C23H26F2/c1-3-5-6-7-16-8-11-21(23(25)12-16)19-10-9-18-13-17(4-2)22(24)15-20(18)14-19/h8,11-15H,3-7,9-10H2,1-2H3. The molecule has 0 aliphatic heterocycles.